The lowest BCUT2D eigenvalue weighted by atomic mass is 9.86. The van der Waals surface area contributed by atoms with Crippen molar-refractivity contribution in [3.05, 3.63) is 34.9 Å². The van der Waals surface area contributed by atoms with Gasteiger partial charge in [0.2, 0.25) is 0 Å². The van der Waals surface area contributed by atoms with E-state index in [4.69, 9.17) is 4.74 Å². The molecule has 0 saturated heterocycles. The van der Waals surface area contributed by atoms with Crippen molar-refractivity contribution in [3.63, 3.8) is 0 Å². The third-order valence-corrected chi connectivity index (χ3v) is 4.16. The number of allylic oxidation sites excluding steroid dienone is 4. The van der Waals surface area contributed by atoms with Gasteiger partial charge < -0.3 is 4.74 Å². The van der Waals surface area contributed by atoms with Crippen molar-refractivity contribution >= 4 is 0 Å². The minimum absolute atomic E-state index is 0.197. The van der Waals surface area contributed by atoms with Gasteiger partial charge in [0, 0.05) is 11.5 Å². The fourth-order valence-corrected chi connectivity index (χ4v) is 2.85. The fraction of sp³-hybridized carbons (Fsp3) is 0.625. The number of ether oxygens (including phenoxy) is 1. The molecule has 0 fully saturated rings. The van der Waals surface area contributed by atoms with Crippen LogP contribution in [0.3, 0.4) is 0 Å². The first-order chi connectivity index (χ1) is 10.5. The Bertz CT molecular complexity index is 538. The molecule has 0 aromatic carbocycles. The molecule has 0 saturated carbocycles. The Morgan fingerprint density at radius 3 is 2.22 bits per heavy atom. The molecule has 2 rings (SSSR count). The molecule has 7 heteroatoms. The number of hydrogen-bond donors (Lipinski definition) is 0. The van der Waals surface area contributed by atoms with Crippen LogP contribution < -0.4 is 0 Å². The normalized spacial score (nSPS) is 27.4. The van der Waals surface area contributed by atoms with Gasteiger partial charge in [-0.05, 0) is 39.2 Å². The molecule has 3 atom stereocenters. The van der Waals surface area contributed by atoms with Crippen LogP contribution in [0.4, 0.5) is 26.3 Å². The van der Waals surface area contributed by atoms with Crippen molar-refractivity contribution in [3.8, 4) is 0 Å². The summed E-state index contributed by atoms with van der Waals surface area (Å²) in [6.45, 7) is 3.44. The molecule has 0 aromatic rings. The Balaban J connectivity index is 2.18. The quantitative estimate of drug-likeness (QED) is 0.487. The molecular formula is C16H18F6O. The summed E-state index contributed by atoms with van der Waals surface area (Å²) in [6.07, 6.45) is -6.59. The largest absolute Gasteiger partial charge is 0.416 e. The van der Waals surface area contributed by atoms with E-state index in [1.54, 1.807) is 0 Å². The maximum absolute atomic E-state index is 12.9. The van der Waals surface area contributed by atoms with E-state index in [0.717, 1.165) is 18.1 Å². The Kier molecular flexibility index (Phi) is 4.99. The molecule has 0 N–H and O–H groups in total. The molecule has 130 valence electrons. The Morgan fingerprint density at radius 1 is 1.09 bits per heavy atom. The van der Waals surface area contributed by atoms with Gasteiger partial charge in [-0.3, -0.25) is 0 Å². The zero-order valence-electron chi connectivity index (χ0n) is 12.8. The highest BCUT2D eigenvalue weighted by atomic mass is 19.4. The van der Waals surface area contributed by atoms with E-state index in [1.807, 2.05) is 13.0 Å². The maximum Gasteiger partial charge on any atom is 0.416 e. The van der Waals surface area contributed by atoms with Crippen LogP contribution in [0.15, 0.2) is 34.9 Å². The van der Waals surface area contributed by atoms with Gasteiger partial charge >= 0.3 is 12.4 Å². The third kappa shape index (κ3) is 4.62. The van der Waals surface area contributed by atoms with Crippen molar-refractivity contribution in [2.24, 2.45) is 5.92 Å². The van der Waals surface area contributed by atoms with Gasteiger partial charge in [-0.25, -0.2) is 0 Å². The maximum atomic E-state index is 12.9. The summed E-state index contributed by atoms with van der Waals surface area (Å²) in [6, 6.07) is 0. The minimum atomic E-state index is -4.81. The summed E-state index contributed by atoms with van der Waals surface area (Å²) in [5.41, 5.74) is -1.30. The molecule has 1 nitrogen and oxygen atoms in total. The van der Waals surface area contributed by atoms with Gasteiger partial charge in [0.25, 0.3) is 0 Å². The first-order valence-corrected chi connectivity index (χ1v) is 7.36. The second kappa shape index (κ2) is 6.34. The molecule has 0 aliphatic heterocycles. The van der Waals surface area contributed by atoms with E-state index in [2.05, 4.69) is 0 Å². The number of halogens is 6. The van der Waals surface area contributed by atoms with E-state index in [-0.39, 0.29) is 12.2 Å². The first-order valence-electron chi connectivity index (χ1n) is 7.36. The monoisotopic (exact) mass is 340 g/mol. The van der Waals surface area contributed by atoms with Gasteiger partial charge in [0.1, 0.15) is 0 Å². The van der Waals surface area contributed by atoms with Crippen LogP contribution in [0.1, 0.15) is 33.1 Å². The van der Waals surface area contributed by atoms with Gasteiger partial charge in [0.15, 0.2) is 0 Å². The number of hydrogen-bond acceptors (Lipinski definition) is 1. The van der Waals surface area contributed by atoms with Crippen LogP contribution in [0.5, 0.6) is 0 Å². The molecule has 0 spiro atoms. The van der Waals surface area contributed by atoms with Crippen molar-refractivity contribution in [2.75, 3.05) is 0 Å². The highest BCUT2D eigenvalue weighted by molar-refractivity contribution is 5.35. The van der Waals surface area contributed by atoms with Crippen LogP contribution in [-0.4, -0.2) is 24.6 Å². The summed E-state index contributed by atoms with van der Waals surface area (Å²) >= 11 is 0. The van der Waals surface area contributed by atoms with Crippen molar-refractivity contribution in [2.45, 2.75) is 57.7 Å². The van der Waals surface area contributed by atoms with Crippen molar-refractivity contribution in [1.82, 2.24) is 0 Å². The highest BCUT2D eigenvalue weighted by Gasteiger charge is 2.43. The fourth-order valence-electron chi connectivity index (χ4n) is 2.85. The van der Waals surface area contributed by atoms with Gasteiger partial charge in [-0.15, -0.1) is 0 Å². The molecule has 2 aliphatic rings. The van der Waals surface area contributed by atoms with E-state index < -0.39 is 41.9 Å². The van der Waals surface area contributed by atoms with Crippen LogP contribution in [-0.2, 0) is 4.74 Å². The van der Waals surface area contributed by atoms with Crippen LogP contribution in [0.25, 0.3) is 0 Å². The molecule has 1 unspecified atom stereocenters. The molecular weight excluding hydrogens is 322 g/mol. The Labute approximate surface area is 130 Å². The van der Waals surface area contributed by atoms with Crippen LogP contribution >= 0.6 is 0 Å². The first kappa shape index (κ1) is 18.1. The smallest absolute Gasteiger partial charge is 0.371 e. The third-order valence-electron chi connectivity index (χ3n) is 4.16. The van der Waals surface area contributed by atoms with Crippen molar-refractivity contribution in [1.29, 1.82) is 0 Å². The predicted octanol–water partition coefficient (Wildman–Crippen LogP) is 5.50. The SMILES string of the molecule is CC1=C[C@@H](O[C@H](C)C2C=C(C(F)(F)F)C=C(C(F)(F)F)C2)CC1. The molecule has 0 aromatic heterocycles. The zero-order chi connectivity index (χ0) is 17.4. The lowest BCUT2D eigenvalue weighted by Crippen LogP contribution is -2.30. The molecule has 0 heterocycles. The van der Waals surface area contributed by atoms with Gasteiger partial charge in [-0.2, -0.15) is 26.3 Å². The van der Waals surface area contributed by atoms with E-state index >= 15 is 0 Å². The summed E-state index contributed by atoms with van der Waals surface area (Å²) in [4.78, 5) is 0. The number of rotatable bonds is 3. The molecule has 0 bridgehead atoms. The average molecular weight is 340 g/mol. The summed E-state index contributed by atoms with van der Waals surface area (Å²) in [5.74, 6) is -0.956. The standard InChI is InChI=1S/C16H18F6O/c1-9-3-4-14(5-9)23-10(2)11-6-12(15(17,18)19)8-13(7-11)16(20,21)22/h5-6,8,10-11,14H,3-4,7H2,1-2H3/t10-,11?,14+/m1/s1. The van der Waals surface area contributed by atoms with Gasteiger partial charge in [-0.1, -0.05) is 17.7 Å². The Morgan fingerprint density at radius 2 is 1.74 bits per heavy atom. The Hall–Kier alpha value is -1.24. The van der Waals surface area contributed by atoms with E-state index in [0.29, 0.717) is 6.42 Å². The molecule has 0 radical (unpaired) electrons. The highest BCUT2D eigenvalue weighted by Crippen LogP contribution is 2.41. The van der Waals surface area contributed by atoms with Crippen LogP contribution in [0, 0.1) is 5.92 Å². The average Bonchev–Trinajstić information content (AvgIpc) is 2.81. The summed E-state index contributed by atoms with van der Waals surface area (Å²) < 4.78 is 82.9. The second-order valence-corrected chi connectivity index (χ2v) is 6.09. The predicted molar refractivity (Wildman–Crippen MR) is 73.7 cm³/mol. The topological polar surface area (TPSA) is 9.23 Å². The lowest BCUT2D eigenvalue weighted by molar-refractivity contribution is -0.103. The lowest BCUT2D eigenvalue weighted by Gasteiger charge is -2.29. The number of alkyl halides is 6. The van der Waals surface area contributed by atoms with E-state index in [1.165, 1.54) is 6.92 Å². The molecule has 2 aliphatic carbocycles. The zero-order valence-corrected chi connectivity index (χ0v) is 12.8. The van der Waals surface area contributed by atoms with Gasteiger partial charge in [0.05, 0.1) is 17.8 Å². The van der Waals surface area contributed by atoms with E-state index in [9.17, 15) is 26.3 Å². The summed E-state index contributed by atoms with van der Waals surface area (Å²) in [7, 11) is 0. The minimum Gasteiger partial charge on any atom is -0.371 e. The molecule has 23 heavy (non-hydrogen) atoms. The molecule has 0 amide bonds. The summed E-state index contributed by atoms with van der Waals surface area (Å²) in [5, 5.41) is 0. The second-order valence-electron chi connectivity index (χ2n) is 6.09. The van der Waals surface area contributed by atoms with Crippen LogP contribution in [0.2, 0.25) is 0 Å². The van der Waals surface area contributed by atoms with Crippen molar-refractivity contribution < 1.29 is 31.1 Å².